The molecular formula is C18H28IN7OS2. The molecule has 0 aliphatic carbocycles. The van der Waals surface area contributed by atoms with E-state index in [1.165, 1.54) is 16.4 Å². The van der Waals surface area contributed by atoms with Gasteiger partial charge >= 0.3 is 0 Å². The molecule has 1 saturated heterocycles. The van der Waals surface area contributed by atoms with Crippen LogP contribution in [0.4, 0.5) is 5.13 Å². The Morgan fingerprint density at radius 3 is 2.66 bits per heavy atom. The zero-order valence-electron chi connectivity index (χ0n) is 17.0. The van der Waals surface area contributed by atoms with E-state index < -0.39 is 0 Å². The summed E-state index contributed by atoms with van der Waals surface area (Å²) >= 11 is 3.18. The lowest BCUT2D eigenvalue weighted by molar-refractivity contribution is -0.127. The number of aromatic nitrogens is 2. The standard InChI is InChI=1S/C18H27N7OS2.HI/c1-4-15-21-18(28-22-15)25-9-7-24(8-10-25)17(20-13-16(26)23(2)3)19-12-14-6-5-11-27-14;/h5-6,11H,4,7-10,12-13H2,1-3H3,(H,19,20);1H. The van der Waals surface area contributed by atoms with Gasteiger partial charge in [0.25, 0.3) is 0 Å². The number of likely N-dealkylation sites (N-methyl/N-ethyl adjacent to an activating group) is 1. The van der Waals surface area contributed by atoms with Gasteiger partial charge in [0.15, 0.2) is 5.96 Å². The molecule has 160 valence electrons. The Morgan fingerprint density at radius 1 is 1.31 bits per heavy atom. The number of halogens is 1. The van der Waals surface area contributed by atoms with Crippen LogP contribution in [0.25, 0.3) is 0 Å². The fourth-order valence-corrected chi connectivity index (χ4v) is 4.20. The van der Waals surface area contributed by atoms with E-state index >= 15 is 0 Å². The van der Waals surface area contributed by atoms with E-state index in [1.807, 2.05) is 6.07 Å². The van der Waals surface area contributed by atoms with Gasteiger partial charge in [0.2, 0.25) is 11.0 Å². The molecular weight excluding hydrogens is 521 g/mol. The van der Waals surface area contributed by atoms with Crippen molar-refractivity contribution >= 4 is 63.8 Å². The van der Waals surface area contributed by atoms with Crippen molar-refractivity contribution in [2.45, 2.75) is 19.9 Å². The molecule has 29 heavy (non-hydrogen) atoms. The van der Waals surface area contributed by atoms with Gasteiger partial charge in [-0.25, -0.2) is 9.98 Å². The molecule has 0 bridgehead atoms. The second-order valence-corrected chi connectivity index (χ2v) is 8.44. The highest BCUT2D eigenvalue weighted by molar-refractivity contribution is 14.0. The average Bonchev–Trinajstić information content (AvgIpc) is 3.40. The molecule has 11 heteroatoms. The van der Waals surface area contributed by atoms with E-state index in [0.29, 0.717) is 6.54 Å². The van der Waals surface area contributed by atoms with Gasteiger partial charge in [-0.2, -0.15) is 4.37 Å². The van der Waals surface area contributed by atoms with Gasteiger partial charge in [0.1, 0.15) is 12.4 Å². The lowest BCUT2D eigenvalue weighted by Crippen LogP contribution is -2.52. The third-order valence-corrected chi connectivity index (χ3v) is 6.18. The van der Waals surface area contributed by atoms with Crippen LogP contribution in [0.1, 0.15) is 17.6 Å². The number of rotatable bonds is 6. The second-order valence-electron chi connectivity index (χ2n) is 6.68. The highest BCUT2D eigenvalue weighted by Crippen LogP contribution is 2.19. The predicted octanol–water partition coefficient (Wildman–Crippen LogP) is 2.14. The first-order valence-corrected chi connectivity index (χ1v) is 11.1. The Hall–Kier alpha value is -1.47. The maximum Gasteiger partial charge on any atom is 0.243 e. The lowest BCUT2D eigenvalue weighted by atomic mass is 10.3. The number of thiophene rings is 1. The molecule has 0 radical (unpaired) electrons. The molecule has 0 aromatic carbocycles. The number of aliphatic imine (C=N–C) groups is 1. The van der Waals surface area contributed by atoms with E-state index in [4.69, 9.17) is 0 Å². The van der Waals surface area contributed by atoms with Gasteiger partial charge < -0.3 is 20.0 Å². The third kappa shape index (κ3) is 6.78. The molecule has 0 saturated carbocycles. The Labute approximate surface area is 197 Å². The van der Waals surface area contributed by atoms with Crippen LogP contribution >= 0.6 is 46.8 Å². The minimum atomic E-state index is -0.00462. The number of aryl methyl sites for hydroxylation is 1. The third-order valence-electron chi connectivity index (χ3n) is 4.49. The highest BCUT2D eigenvalue weighted by atomic mass is 127. The van der Waals surface area contributed by atoms with Crippen LogP contribution < -0.4 is 10.2 Å². The normalized spacial score (nSPS) is 14.5. The number of anilines is 1. The SMILES string of the molecule is CCc1nsc(N2CCN(C(=NCC(=O)N(C)C)NCc3cccs3)CC2)n1.I. The summed E-state index contributed by atoms with van der Waals surface area (Å²) in [4.78, 5) is 28.5. The van der Waals surface area contributed by atoms with E-state index in [2.05, 4.69) is 47.8 Å². The number of hydrogen-bond donors (Lipinski definition) is 1. The van der Waals surface area contributed by atoms with Crippen molar-refractivity contribution in [2.24, 2.45) is 4.99 Å². The number of nitrogens with zero attached hydrogens (tertiary/aromatic N) is 6. The summed E-state index contributed by atoms with van der Waals surface area (Å²) in [6.07, 6.45) is 0.861. The molecule has 1 fully saturated rings. The smallest absolute Gasteiger partial charge is 0.243 e. The maximum absolute atomic E-state index is 12.0. The summed E-state index contributed by atoms with van der Waals surface area (Å²) in [5, 5.41) is 6.48. The zero-order chi connectivity index (χ0) is 19.9. The first-order valence-electron chi connectivity index (χ1n) is 9.40. The topological polar surface area (TPSA) is 77.0 Å². The van der Waals surface area contributed by atoms with Crippen LogP contribution in [0, 0.1) is 0 Å². The average molecular weight is 550 g/mol. The monoisotopic (exact) mass is 549 g/mol. The van der Waals surface area contributed by atoms with Crippen LogP contribution in [-0.4, -0.2) is 77.8 Å². The largest absolute Gasteiger partial charge is 0.351 e. The molecule has 0 spiro atoms. The molecule has 1 N–H and O–H groups in total. The number of carbonyl (C=O) groups is 1. The van der Waals surface area contributed by atoms with Gasteiger partial charge in [-0.05, 0) is 11.4 Å². The molecule has 2 aromatic rings. The Kier molecular flexibility index (Phi) is 9.56. The van der Waals surface area contributed by atoms with Gasteiger partial charge in [-0.3, -0.25) is 4.79 Å². The van der Waals surface area contributed by atoms with Gasteiger partial charge in [-0.1, -0.05) is 13.0 Å². The molecule has 1 aliphatic heterocycles. The van der Waals surface area contributed by atoms with E-state index in [9.17, 15) is 4.79 Å². The van der Waals surface area contributed by atoms with Crippen LogP contribution in [-0.2, 0) is 17.8 Å². The van der Waals surface area contributed by atoms with Gasteiger partial charge in [0.05, 0.1) is 6.54 Å². The minimum absolute atomic E-state index is 0. The quantitative estimate of drug-likeness (QED) is 0.338. The van der Waals surface area contributed by atoms with E-state index in [-0.39, 0.29) is 36.4 Å². The van der Waals surface area contributed by atoms with Crippen molar-refractivity contribution in [3.8, 4) is 0 Å². The molecule has 0 atom stereocenters. The molecule has 8 nitrogen and oxygen atoms in total. The van der Waals surface area contributed by atoms with Crippen molar-refractivity contribution in [1.82, 2.24) is 24.5 Å². The van der Waals surface area contributed by atoms with Crippen molar-refractivity contribution in [3.05, 3.63) is 28.2 Å². The number of hydrogen-bond acceptors (Lipinski definition) is 7. The predicted molar refractivity (Wildman–Crippen MR) is 131 cm³/mol. The van der Waals surface area contributed by atoms with Gasteiger partial charge in [-0.15, -0.1) is 35.3 Å². The summed E-state index contributed by atoms with van der Waals surface area (Å²) in [5.41, 5.74) is 0. The minimum Gasteiger partial charge on any atom is -0.351 e. The Balaban J connectivity index is 0.00000300. The number of guanidine groups is 1. The number of amides is 1. The van der Waals surface area contributed by atoms with E-state index in [0.717, 1.165) is 49.5 Å². The molecule has 2 aromatic heterocycles. The van der Waals surface area contributed by atoms with Crippen LogP contribution in [0.15, 0.2) is 22.5 Å². The van der Waals surface area contributed by atoms with Crippen molar-refractivity contribution < 1.29 is 4.79 Å². The molecule has 0 unspecified atom stereocenters. The van der Waals surface area contributed by atoms with Gasteiger partial charge in [0, 0.05) is 63.1 Å². The molecule has 3 rings (SSSR count). The highest BCUT2D eigenvalue weighted by Gasteiger charge is 2.22. The van der Waals surface area contributed by atoms with Crippen LogP contribution in [0.3, 0.4) is 0 Å². The molecule has 3 heterocycles. The molecule has 1 aliphatic rings. The number of nitrogens with one attached hydrogen (secondary N) is 1. The maximum atomic E-state index is 12.0. The summed E-state index contributed by atoms with van der Waals surface area (Å²) < 4.78 is 4.39. The summed E-state index contributed by atoms with van der Waals surface area (Å²) in [6, 6.07) is 4.14. The van der Waals surface area contributed by atoms with Crippen LogP contribution in [0.2, 0.25) is 0 Å². The van der Waals surface area contributed by atoms with Crippen molar-refractivity contribution in [2.75, 3.05) is 51.7 Å². The molecule has 1 amide bonds. The lowest BCUT2D eigenvalue weighted by Gasteiger charge is -2.36. The summed E-state index contributed by atoms with van der Waals surface area (Å²) in [6.45, 7) is 6.31. The Bertz CT molecular complexity index is 786. The van der Waals surface area contributed by atoms with Crippen LogP contribution in [0.5, 0.6) is 0 Å². The fraction of sp³-hybridized carbons (Fsp3) is 0.556. The summed E-state index contributed by atoms with van der Waals surface area (Å²) in [7, 11) is 3.50. The fourth-order valence-electron chi connectivity index (χ4n) is 2.76. The first-order chi connectivity index (χ1) is 13.6. The zero-order valence-corrected chi connectivity index (χ0v) is 21.0. The Morgan fingerprint density at radius 2 is 2.07 bits per heavy atom. The number of piperazine rings is 1. The second kappa shape index (κ2) is 11.6. The first kappa shape index (κ1) is 23.8. The summed E-state index contributed by atoms with van der Waals surface area (Å²) in [5.74, 6) is 1.69. The van der Waals surface area contributed by atoms with Crippen molar-refractivity contribution in [1.29, 1.82) is 0 Å². The van der Waals surface area contributed by atoms with Crippen molar-refractivity contribution in [3.63, 3.8) is 0 Å². The number of carbonyl (C=O) groups excluding carboxylic acids is 1. The van der Waals surface area contributed by atoms with E-state index in [1.54, 1.807) is 30.3 Å².